The summed E-state index contributed by atoms with van der Waals surface area (Å²) in [5.74, 6) is 0.457. The fourth-order valence-electron chi connectivity index (χ4n) is 1.77. The van der Waals surface area contributed by atoms with Crippen molar-refractivity contribution in [1.82, 2.24) is 4.98 Å². The van der Waals surface area contributed by atoms with Crippen LogP contribution in [0.3, 0.4) is 0 Å². The van der Waals surface area contributed by atoms with Crippen LogP contribution in [-0.2, 0) is 0 Å². The van der Waals surface area contributed by atoms with Gasteiger partial charge in [-0.1, -0.05) is 12.1 Å². The van der Waals surface area contributed by atoms with Crippen LogP contribution < -0.4 is 4.74 Å². The summed E-state index contributed by atoms with van der Waals surface area (Å²) in [6, 6.07) is 7.37. The molecule has 3 nitrogen and oxygen atoms in total. The number of benzene rings is 1. The Balaban J connectivity index is 2.44. The highest BCUT2D eigenvalue weighted by molar-refractivity contribution is 6.10. The van der Waals surface area contributed by atoms with Gasteiger partial charge in [0.1, 0.15) is 5.75 Å². The van der Waals surface area contributed by atoms with E-state index in [9.17, 15) is 4.79 Å². The fourth-order valence-corrected chi connectivity index (χ4v) is 1.77. The minimum absolute atomic E-state index is 0.0441. The molecule has 0 saturated heterocycles. The van der Waals surface area contributed by atoms with Crippen molar-refractivity contribution in [2.24, 2.45) is 0 Å². The van der Waals surface area contributed by atoms with E-state index in [4.69, 9.17) is 4.74 Å². The zero-order valence-corrected chi connectivity index (χ0v) is 10.7. The molecular formula is C15H15NO2. The molecule has 0 saturated carbocycles. The largest absolute Gasteiger partial charge is 0.494 e. The van der Waals surface area contributed by atoms with Crippen LogP contribution in [0.25, 0.3) is 0 Å². The van der Waals surface area contributed by atoms with Gasteiger partial charge in [-0.25, -0.2) is 0 Å². The number of hydrogen-bond donors (Lipinski definition) is 0. The minimum atomic E-state index is -0.0441. The molecule has 1 aromatic carbocycles. The monoisotopic (exact) mass is 241 g/mol. The second-order valence-corrected chi connectivity index (χ2v) is 4.20. The molecule has 2 aromatic rings. The molecule has 18 heavy (non-hydrogen) atoms. The van der Waals surface area contributed by atoms with Crippen LogP contribution in [0.15, 0.2) is 36.7 Å². The Morgan fingerprint density at radius 3 is 2.61 bits per heavy atom. The van der Waals surface area contributed by atoms with Gasteiger partial charge in [-0.15, -0.1) is 0 Å². The molecule has 1 heterocycles. The highest BCUT2D eigenvalue weighted by Gasteiger charge is 2.14. The molecule has 92 valence electrons. The maximum absolute atomic E-state index is 12.4. The summed E-state index contributed by atoms with van der Waals surface area (Å²) in [5, 5.41) is 0. The van der Waals surface area contributed by atoms with Crippen LogP contribution in [0.4, 0.5) is 0 Å². The van der Waals surface area contributed by atoms with Gasteiger partial charge in [-0.3, -0.25) is 9.78 Å². The Hall–Kier alpha value is -2.16. The van der Waals surface area contributed by atoms with E-state index in [1.54, 1.807) is 18.5 Å². The van der Waals surface area contributed by atoms with Gasteiger partial charge < -0.3 is 4.74 Å². The first kappa shape index (κ1) is 12.3. The van der Waals surface area contributed by atoms with Crippen molar-refractivity contribution in [3.05, 3.63) is 58.9 Å². The number of methoxy groups -OCH3 is 1. The third-order valence-electron chi connectivity index (χ3n) is 3.02. The number of ether oxygens (including phenoxy) is 1. The summed E-state index contributed by atoms with van der Waals surface area (Å²) in [4.78, 5) is 16.3. The summed E-state index contributed by atoms with van der Waals surface area (Å²) in [6.07, 6.45) is 3.14. The molecule has 0 aliphatic carbocycles. The third-order valence-corrected chi connectivity index (χ3v) is 3.02. The van der Waals surface area contributed by atoms with Gasteiger partial charge in [0.15, 0.2) is 5.78 Å². The number of carbonyl (C=O) groups excluding carboxylic acids is 1. The van der Waals surface area contributed by atoms with Crippen LogP contribution in [0.1, 0.15) is 27.0 Å². The summed E-state index contributed by atoms with van der Waals surface area (Å²) in [6.45, 7) is 4.02. The normalized spacial score (nSPS) is 10.2. The van der Waals surface area contributed by atoms with Gasteiger partial charge in [0.2, 0.25) is 0 Å². The number of aromatic nitrogens is 1. The predicted octanol–water partition coefficient (Wildman–Crippen LogP) is 2.94. The molecule has 0 unspecified atom stereocenters. The molecule has 0 fully saturated rings. The molecule has 0 spiro atoms. The van der Waals surface area contributed by atoms with Crippen LogP contribution in [0.5, 0.6) is 5.75 Å². The van der Waals surface area contributed by atoms with Crippen molar-refractivity contribution < 1.29 is 9.53 Å². The van der Waals surface area contributed by atoms with E-state index in [2.05, 4.69) is 4.98 Å². The highest BCUT2D eigenvalue weighted by atomic mass is 16.5. The van der Waals surface area contributed by atoms with E-state index in [0.29, 0.717) is 16.9 Å². The fraction of sp³-hybridized carbons (Fsp3) is 0.200. The SMILES string of the molecule is COc1cnccc1C(=O)c1ccc(C)c(C)c1. The number of rotatable bonds is 3. The van der Waals surface area contributed by atoms with Crippen molar-refractivity contribution in [3.63, 3.8) is 0 Å². The average molecular weight is 241 g/mol. The summed E-state index contributed by atoms with van der Waals surface area (Å²) in [5.41, 5.74) is 3.49. The van der Waals surface area contributed by atoms with Crippen molar-refractivity contribution in [1.29, 1.82) is 0 Å². The van der Waals surface area contributed by atoms with Gasteiger partial charge in [0.05, 0.1) is 18.9 Å². The lowest BCUT2D eigenvalue weighted by atomic mass is 9.99. The topological polar surface area (TPSA) is 39.2 Å². The van der Waals surface area contributed by atoms with Crippen LogP contribution in [0, 0.1) is 13.8 Å². The lowest BCUT2D eigenvalue weighted by Crippen LogP contribution is -2.05. The lowest BCUT2D eigenvalue weighted by molar-refractivity contribution is 0.103. The first-order chi connectivity index (χ1) is 8.63. The van der Waals surface area contributed by atoms with E-state index >= 15 is 0 Å². The highest BCUT2D eigenvalue weighted by Crippen LogP contribution is 2.21. The van der Waals surface area contributed by atoms with E-state index in [1.807, 2.05) is 32.0 Å². The Kier molecular flexibility index (Phi) is 3.42. The van der Waals surface area contributed by atoms with E-state index in [0.717, 1.165) is 5.56 Å². The minimum Gasteiger partial charge on any atom is -0.494 e. The molecule has 0 aliphatic heterocycles. The molecule has 0 atom stereocenters. The first-order valence-electron chi connectivity index (χ1n) is 5.73. The van der Waals surface area contributed by atoms with Crippen LogP contribution >= 0.6 is 0 Å². The van der Waals surface area contributed by atoms with Gasteiger partial charge >= 0.3 is 0 Å². The molecule has 0 N–H and O–H groups in total. The van der Waals surface area contributed by atoms with Gasteiger partial charge in [-0.05, 0) is 37.1 Å². The number of hydrogen-bond acceptors (Lipinski definition) is 3. The van der Waals surface area contributed by atoms with E-state index < -0.39 is 0 Å². The zero-order valence-electron chi connectivity index (χ0n) is 10.7. The van der Waals surface area contributed by atoms with Crippen molar-refractivity contribution in [3.8, 4) is 5.75 Å². The van der Waals surface area contributed by atoms with Crippen LogP contribution in [-0.4, -0.2) is 17.9 Å². The zero-order chi connectivity index (χ0) is 13.1. The molecule has 0 bridgehead atoms. The summed E-state index contributed by atoms with van der Waals surface area (Å²) >= 11 is 0. The molecular weight excluding hydrogens is 226 g/mol. The second-order valence-electron chi connectivity index (χ2n) is 4.20. The Morgan fingerprint density at radius 2 is 1.94 bits per heavy atom. The predicted molar refractivity (Wildman–Crippen MR) is 70.1 cm³/mol. The number of pyridine rings is 1. The maximum atomic E-state index is 12.4. The average Bonchev–Trinajstić information content (AvgIpc) is 2.41. The molecule has 0 radical (unpaired) electrons. The first-order valence-corrected chi connectivity index (χ1v) is 5.73. The van der Waals surface area contributed by atoms with E-state index in [-0.39, 0.29) is 5.78 Å². The number of nitrogens with zero attached hydrogens (tertiary/aromatic N) is 1. The van der Waals surface area contributed by atoms with Crippen molar-refractivity contribution in [2.75, 3.05) is 7.11 Å². The standard InChI is InChI=1S/C15H15NO2/c1-10-4-5-12(8-11(10)2)15(17)13-6-7-16-9-14(13)18-3/h4-9H,1-3H3. The van der Waals surface area contributed by atoms with Crippen molar-refractivity contribution in [2.45, 2.75) is 13.8 Å². The molecule has 0 aliphatic rings. The Bertz CT molecular complexity index is 591. The molecule has 1 aromatic heterocycles. The lowest BCUT2D eigenvalue weighted by Gasteiger charge is -2.08. The Labute approximate surface area is 106 Å². The number of ketones is 1. The summed E-state index contributed by atoms with van der Waals surface area (Å²) in [7, 11) is 1.54. The number of aryl methyl sites for hydroxylation is 2. The quantitative estimate of drug-likeness (QED) is 0.775. The van der Waals surface area contributed by atoms with Gasteiger partial charge in [0.25, 0.3) is 0 Å². The smallest absolute Gasteiger partial charge is 0.196 e. The molecule has 3 heteroatoms. The van der Waals surface area contributed by atoms with Gasteiger partial charge in [0, 0.05) is 11.8 Å². The molecule has 0 amide bonds. The maximum Gasteiger partial charge on any atom is 0.196 e. The van der Waals surface area contributed by atoms with E-state index in [1.165, 1.54) is 12.7 Å². The Morgan fingerprint density at radius 1 is 1.17 bits per heavy atom. The van der Waals surface area contributed by atoms with Crippen molar-refractivity contribution >= 4 is 5.78 Å². The molecule has 2 rings (SSSR count). The third kappa shape index (κ3) is 2.25. The number of carbonyl (C=O) groups is 1. The van der Waals surface area contributed by atoms with Crippen LogP contribution in [0.2, 0.25) is 0 Å². The second kappa shape index (κ2) is 5.00. The van der Waals surface area contributed by atoms with Gasteiger partial charge in [-0.2, -0.15) is 0 Å². The summed E-state index contributed by atoms with van der Waals surface area (Å²) < 4.78 is 5.16.